The third kappa shape index (κ3) is 6.38. The molecule has 0 spiro atoms. The van der Waals surface area contributed by atoms with Gasteiger partial charge in [0.2, 0.25) is 5.91 Å². The number of carbonyl (C=O) groups excluding carboxylic acids is 1. The first kappa shape index (κ1) is 16.4. The van der Waals surface area contributed by atoms with Crippen molar-refractivity contribution in [2.24, 2.45) is 0 Å². The van der Waals surface area contributed by atoms with Gasteiger partial charge in [0.15, 0.2) is 0 Å². The van der Waals surface area contributed by atoms with Gasteiger partial charge in [0.25, 0.3) is 0 Å². The number of carbonyl (C=O) groups is 1. The molecule has 0 saturated carbocycles. The van der Waals surface area contributed by atoms with Crippen molar-refractivity contribution in [1.29, 1.82) is 0 Å². The molecule has 2 N–H and O–H groups in total. The first-order valence-electron chi connectivity index (χ1n) is 6.81. The molecule has 0 heterocycles. The molecule has 0 aliphatic heterocycles. The fourth-order valence-electron chi connectivity index (χ4n) is 1.72. The van der Waals surface area contributed by atoms with Crippen LogP contribution in [0.15, 0.2) is 24.3 Å². The van der Waals surface area contributed by atoms with Gasteiger partial charge in [-0.15, -0.1) is 0 Å². The Morgan fingerprint density at radius 2 is 1.89 bits per heavy atom. The average Bonchev–Trinajstić information content (AvgIpc) is 2.39. The first-order valence-corrected chi connectivity index (χ1v) is 7.89. The summed E-state index contributed by atoms with van der Waals surface area (Å²) in [6.07, 6.45) is 1.50. The number of benzene rings is 1. The summed E-state index contributed by atoms with van der Waals surface area (Å²) in [4.78, 5) is 11.6. The number of halogens is 1. The molecule has 0 aromatic heterocycles. The van der Waals surface area contributed by atoms with Crippen LogP contribution in [0.1, 0.15) is 45.2 Å². The van der Waals surface area contributed by atoms with E-state index in [1.165, 1.54) is 9.13 Å². The zero-order valence-electron chi connectivity index (χ0n) is 11.9. The van der Waals surface area contributed by atoms with Crippen molar-refractivity contribution in [3.63, 3.8) is 0 Å². The normalized spacial score (nSPS) is 13.9. The number of hydrogen-bond acceptors (Lipinski definition) is 2. The van der Waals surface area contributed by atoms with Gasteiger partial charge in [-0.3, -0.25) is 4.79 Å². The quantitative estimate of drug-likeness (QED) is 0.720. The van der Waals surface area contributed by atoms with E-state index in [-0.39, 0.29) is 18.0 Å². The Labute approximate surface area is 129 Å². The van der Waals surface area contributed by atoms with E-state index in [1.807, 2.05) is 6.92 Å². The Morgan fingerprint density at radius 1 is 1.26 bits per heavy atom. The van der Waals surface area contributed by atoms with E-state index >= 15 is 0 Å². The minimum absolute atomic E-state index is 0.122. The molecule has 4 heteroatoms. The second-order valence-corrected chi connectivity index (χ2v) is 6.10. The van der Waals surface area contributed by atoms with Crippen LogP contribution in [0.3, 0.4) is 0 Å². The second-order valence-electron chi connectivity index (χ2n) is 4.85. The van der Waals surface area contributed by atoms with Crippen molar-refractivity contribution in [2.75, 3.05) is 6.54 Å². The third-order valence-electron chi connectivity index (χ3n) is 3.19. The fraction of sp³-hybridized carbons (Fsp3) is 0.533. The van der Waals surface area contributed by atoms with Gasteiger partial charge in [-0.05, 0) is 60.6 Å². The molecule has 0 saturated heterocycles. The number of hydrogen-bond donors (Lipinski definition) is 2. The molecule has 2 unspecified atom stereocenters. The van der Waals surface area contributed by atoms with Gasteiger partial charge < -0.3 is 10.6 Å². The smallest absolute Gasteiger partial charge is 0.221 e. The molecule has 0 radical (unpaired) electrons. The molecule has 106 valence electrons. The zero-order valence-corrected chi connectivity index (χ0v) is 14.0. The monoisotopic (exact) mass is 374 g/mol. The molecule has 3 nitrogen and oxygen atoms in total. The van der Waals surface area contributed by atoms with E-state index < -0.39 is 0 Å². The van der Waals surface area contributed by atoms with E-state index in [4.69, 9.17) is 0 Å². The Kier molecular flexibility index (Phi) is 7.38. The Hall–Kier alpha value is -0.620. The lowest BCUT2D eigenvalue weighted by molar-refractivity contribution is -0.121. The van der Waals surface area contributed by atoms with E-state index in [0.717, 1.165) is 6.42 Å². The summed E-state index contributed by atoms with van der Waals surface area (Å²) in [5.41, 5.74) is 1.25. The Morgan fingerprint density at radius 3 is 2.47 bits per heavy atom. The fourth-order valence-corrected chi connectivity index (χ4v) is 2.08. The van der Waals surface area contributed by atoms with Crippen LogP contribution >= 0.6 is 22.6 Å². The van der Waals surface area contributed by atoms with Crippen molar-refractivity contribution < 1.29 is 4.79 Å². The predicted octanol–water partition coefficient (Wildman–Crippen LogP) is 3.25. The number of rotatable bonds is 7. The largest absolute Gasteiger partial charge is 0.354 e. The summed E-state index contributed by atoms with van der Waals surface area (Å²) in [6, 6.07) is 8.99. The van der Waals surface area contributed by atoms with Crippen LogP contribution in [0, 0.1) is 3.57 Å². The van der Waals surface area contributed by atoms with Crippen molar-refractivity contribution in [2.45, 2.75) is 45.7 Å². The molecule has 1 rings (SSSR count). The summed E-state index contributed by atoms with van der Waals surface area (Å²) in [6.45, 7) is 6.92. The van der Waals surface area contributed by atoms with Gasteiger partial charge in [-0.25, -0.2) is 0 Å². The topological polar surface area (TPSA) is 41.1 Å². The molecule has 1 aromatic rings. The maximum absolute atomic E-state index is 11.6. The van der Waals surface area contributed by atoms with Crippen molar-refractivity contribution >= 4 is 28.5 Å². The molecule has 19 heavy (non-hydrogen) atoms. The molecule has 0 bridgehead atoms. The van der Waals surface area contributed by atoms with Crippen LogP contribution in [0.5, 0.6) is 0 Å². The van der Waals surface area contributed by atoms with Crippen LogP contribution in [0.2, 0.25) is 0 Å². The predicted molar refractivity (Wildman–Crippen MR) is 88.1 cm³/mol. The molecule has 2 atom stereocenters. The van der Waals surface area contributed by atoms with Crippen molar-refractivity contribution in [1.82, 2.24) is 10.6 Å². The molecule has 1 aromatic carbocycles. The summed E-state index contributed by atoms with van der Waals surface area (Å²) in [5.74, 6) is 0.122. The zero-order chi connectivity index (χ0) is 14.3. The Bertz CT molecular complexity index is 392. The minimum Gasteiger partial charge on any atom is -0.354 e. The molecule has 1 amide bonds. The molecular formula is C15H23IN2O. The van der Waals surface area contributed by atoms with Crippen LogP contribution in [0.25, 0.3) is 0 Å². The van der Waals surface area contributed by atoms with E-state index in [2.05, 4.69) is 71.3 Å². The number of nitrogens with one attached hydrogen (secondary N) is 2. The van der Waals surface area contributed by atoms with Crippen molar-refractivity contribution in [3.8, 4) is 0 Å². The third-order valence-corrected chi connectivity index (χ3v) is 3.91. The lowest BCUT2D eigenvalue weighted by atomic mass is 10.1. The SMILES string of the molecule is CCC(C)NC(=O)CCNC(C)c1ccc(I)cc1. The lowest BCUT2D eigenvalue weighted by Crippen LogP contribution is -2.34. The standard InChI is InChI=1S/C15H23IN2O/c1-4-11(2)18-15(19)9-10-17-12(3)13-5-7-14(16)8-6-13/h5-8,11-12,17H,4,9-10H2,1-3H3,(H,18,19). The van der Waals surface area contributed by atoms with Gasteiger partial charge in [-0.1, -0.05) is 19.1 Å². The highest BCUT2D eigenvalue weighted by Crippen LogP contribution is 2.14. The van der Waals surface area contributed by atoms with Crippen LogP contribution in [0.4, 0.5) is 0 Å². The summed E-state index contributed by atoms with van der Waals surface area (Å²) < 4.78 is 1.24. The van der Waals surface area contributed by atoms with Crippen LogP contribution < -0.4 is 10.6 Å². The van der Waals surface area contributed by atoms with Gasteiger partial charge in [0.1, 0.15) is 0 Å². The van der Waals surface area contributed by atoms with E-state index in [1.54, 1.807) is 0 Å². The summed E-state index contributed by atoms with van der Waals surface area (Å²) in [5, 5.41) is 6.35. The first-order chi connectivity index (χ1) is 9.02. The van der Waals surface area contributed by atoms with E-state index in [9.17, 15) is 4.79 Å². The molecular weight excluding hydrogens is 351 g/mol. The van der Waals surface area contributed by atoms with Crippen LogP contribution in [-0.2, 0) is 4.79 Å². The Balaban J connectivity index is 2.29. The highest BCUT2D eigenvalue weighted by Gasteiger charge is 2.07. The molecule has 0 aliphatic carbocycles. The summed E-state index contributed by atoms with van der Waals surface area (Å²) >= 11 is 2.30. The average molecular weight is 374 g/mol. The highest BCUT2D eigenvalue weighted by atomic mass is 127. The van der Waals surface area contributed by atoms with Crippen molar-refractivity contribution in [3.05, 3.63) is 33.4 Å². The maximum Gasteiger partial charge on any atom is 0.221 e. The van der Waals surface area contributed by atoms with Gasteiger partial charge >= 0.3 is 0 Å². The highest BCUT2D eigenvalue weighted by molar-refractivity contribution is 14.1. The lowest BCUT2D eigenvalue weighted by Gasteiger charge is -2.15. The summed E-state index contributed by atoms with van der Waals surface area (Å²) in [7, 11) is 0. The minimum atomic E-state index is 0.122. The van der Waals surface area contributed by atoms with E-state index in [0.29, 0.717) is 13.0 Å². The van der Waals surface area contributed by atoms with Crippen LogP contribution in [-0.4, -0.2) is 18.5 Å². The van der Waals surface area contributed by atoms with Gasteiger partial charge in [0.05, 0.1) is 0 Å². The molecule has 0 fully saturated rings. The number of amides is 1. The van der Waals surface area contributed by atoms with Gasteiger partial charge in [0, 0.05) is 28.6 Å². The van der Waals surface area contributed by atoms with Gasteiger partial charge in [-0.2, -0.15) is 0 Å². The molecule has 0 aliphatic rings. The maximum atomic E-state index is 11.6. The second kappa shape index (κ2) is 8.53.